The van der Waals surface area contributed by atoms with E-state index in [0.717, 1.165) is 11.1 Å². The number of aliphatic hydroxyl groups is 1. The lowest BCUT2D eigenvalue weighted by Gasteiger charge is -2.23. The predicted octanol–water partition coefficient (Wildman–Crippen LogP) is 2.97. The largest absolute Gasteiger partial charge is 0.504 e. The number of benzene rings is 2. The summed E-state index contributed by atoms with van der Waals surface area (Å²) in [7, 11) is 6.22. The summed E-state index contributed by atoms with van der Waals surface area (Å²) in [5.74, 6) is 2.17. The lowest BCUT2D eigenvalue weighted by Crippen LogP contribution is -2.21. The minimum Gasteiger partial charge on any atom is -0.504 e. The van der Waals surface area contributed by atoms with Crippen molar-refractivity contribution in [2.24, 2.45) is 11.8 Å². The van der Waals surface area contributed by atoms with E-state index in [1.807, 2.05) is 24.3 Å². The SMILES string of the molecule is COc1cc(C[C@@H]2CO[C@@H](c3cc(OC)c(OC)c(OC)c3)[C@@H]2CO)ccc1O. The number of aromatic hydroxyl groups is 1. The van der Waals surface area contributed by atoms with Gasteiger partial charge in [0.2, 0.25) is 5.75 Å². The van der Waals surface area contributed by atoms with E-state index in [1.165, 1.54) is 7.11 Å². The second-order valence-electron chi connectivity index (χ2n) is 7.03. The van der Waals surface area contributed by atoms with Gasteiger partial charge in [0.15, 0.2) is 23.0 Å². The Morgan fingerprint density at radius 3 is 2.14 bits per heavy atom. The molecule has 1 fully saturated rings. The molecule has 0 bridgehead atoms. The molecule has 1 heterocycles. The minimum absolute atomic E-state index is 0.0127. The molecule has 0 radical (unpaired) electrons. The van der Waals surface area contributed by atoms with Crippen molar-refractivity contribution in [1.82, 2.24) is 0 Å². The third kappa shape index (κ3) is 4.21. The normalized spacial score (nSPS) is 21.1. The maximum absolute atomic E-state index is 10.1. The van der Waals surface area contributed by atoms with E-state index in [1.54, 1.807) is 27.4 Å². The molecule has 2 N–H and O–H groups in total. The minimum atomic E-state index is -0.294. The Morgan fingerprint density at radius 2 is 1.59 bits per heavy atom. The number of phenols is 1. The molecule has 0 aromatic heterocycles. The fraction of sp³-hybridized carbons (Fsp3) is 0.455. The molecule has 0 amide bonds. The van der Waals surface area contributed by atoms with Crippen molar-refractivity contribution in [1.29, 1.82) is 0 Å². The predicted molar refractivity (Wildman–Crippen MR) is 107 cm³/mol. The third-order valence-corrected chi connectivity index (χ3v) is 5.45. The Balaban J connectivity index is 1.86. The van der Waals surface area contributed by atoms with Crippen LogP contribution in [0.1, 0.15) is 17.2 Å². The molecular formula is C22H28O7. The van der Waals surface area contributed by atoms with Crippen LogP contribution in [-0.2, 0) is 11.2 Å². The highest BCUT2D eigenvalue weighted by Crippen LogP contribution is 2.45. The molecule has 3 rings (SSSR count). The number of ether oxygens (including phenoxy) is 5. The number of methoxy groups -OCH3 is 4. The molecule has 7 nitrogen and oxygen atoms in total. The van der Waals surface area contributed by atoms with Crippen molar-refractivity contribution in [3.63, 3.8) is 0 Å². The first-order chi connectivity index (χ1) is 14.1. The van der Waals surface area contributed by atoms with Gasteiger partial charge in [-0.25, -0.2) is 0 Å². The van der Waals surface area contributed by atoms with E-state index >= 15 is 0 Å². The summed E-state index contributed by atoms with van der Waals surface area (Å²) in [6.07, 6.45) is 0.403. The Morgan fingerprint density at radius 1 is 0.931 bits per heavy atom. The summed E-state index contributed by atoms with van der Waals surface area (Å²) < 4.78 is 27.6. The van der Waals surface area contributed by atoms with Crippen molar-refractivity contribution in [3.8, 4) is 28.7 Å². The van der Waals surface area contributed by atoms with Crippen LogP contribution < -0.4 is 18.9 Å². The molecule has 158 valence electrons. The molecule has 3 atom stereocenters. The van der Waals surface area contributed by atoms with Crippen molar-refractivity contribution < 1.29 is 33.9 Å². The summed E-state index contributed by atoms with van der Waals surface area (Å²) in [6.45, 7) is 0.497. The van der Waals surface area contributed by atoms with Gasteiger partial charge in [0.1, 0.15) is 0 Å². The topological polar surface area (TPSA) is 86.6 Å². The Kier molecular flexibility index (Phi) is 6.71. The quantitative estimate of drug-likeness (QED) is 0.699. The molecule has 29 heavy (non-hydrogen) atoms. The van der Waals surface area contributed by atoms with Gasteiger partial charge in [-0.15, -0.1) is 0 Å². The molecule has 1 aliphatic rings. The summed E-state index contributed by atoms with van der Waals surface area (Å²) in [4.78, 5) is 0. The molecule has 0 spiro atoms. The van der Waals surface area contributed by atoms with E-state index in [0.29, 0.717) is 36.0 Å². The molecule has 0 unspecified atom stereocenters. The van der Waals surface area contributed by atoms with Crippen LogP contribution in [0.2, 0.25) is 0 Å². The molecular weight excluding hydrogens is 376 g/mol. The number of hydrogen-bond acceptors (Lipinski definition) is 7. The Bertz CT molecular complexity index is 811. The first-order valence-electron chi connectivity index (χ1n) is 9.44. The van der Waals surface area contributed by atoms with Gasteiger partial charge in [-0.2, -0.15) is 0 Å². The summed E-state index contributed by atoms with van der Waals surface area (Å²) in [6, 6.07) is 9.02. The van der Waals surface area contributed by atoms with Gasteiger partial charge in [0.05, 0.1) is 41.2 Å². The molecule has 2 aromatic carbocycles. The highest BCUT2D eigenvalue weighted by molar-refractivity contribution is 5.54. The van der Waals surface area contributed by atoms with Crippen LogP contribution in [0.4, 0.5) is 0 Å². The summed E-state index contributed by atoms with van der Waals surface area (Å²) >= 11 is 0. The van der Waals surface area contributed by atoms with Gasteiger partial charge in [-0.05, 0) is 47.7 Å². The lowest BCUT2D eigenvalue weighted by atomic mass is 9.84. The zero-order valence-corrected chi connectivity index (χ0v) is 17.2. The fourth-order valence-electron chi connectivity index (χ4n) is 3.94. The average Bonchev–Trinajstić information content (AvgIpc) is 3.16. The van der Waals surface area contributed by atoms with E-state index in [2.05, 4.69) is 0 Å². The van der Waals surface area contributed by atoms with Gasteiger partial charge in [0, 0.05) is 12.5 Å². The number of rotatable bonds is 8. The number of phenolic OH excluding ortho intramolecular Hbond substituents is 1. The van der Waals surface area contributed by atoms with Crippen molar-refractivity contribution in [2.75, 3.05) is 41.7 Å². The first kappa shape index (κ1) is 21.1. The van der Waals surface area contributed by atoms with Crippen LogP contribution in [-0.4, -0.2) is 51.9 Å². The van der Waals surface area contributed by atoms with Gasteiger partial charge >= 0.3 is 0 Å². The average molecular weight is 404 g/mol. The fourth-order valence-corrected chi connectivity index (χ4v) is 3.94. The van der Waals surface area contributed by atoms with E-state index in [-0.39, 0.29) is 30.3 Å². The van der Waals surface area contributed by atoms with Crippen LogP contribution >= 0.6 is 0 Å². The number of aliphatic hydroxyl groups excluding tert-OH is 1. The summed E-state index contributed by atoms with van der Waals surface area (Å²) in [5.41, 5.74) is 1.88. The molecule has 7 heteroatoms. The van der Waals surface area contributed by atoms with Gasteiger partial charge in [0.25, 0.3) is 0 Å². The highest BCUT2D eigenvalue weighted by Gasteiger charge is 2.38. The Labute approximate surface area is 170 Å². The van der Waals surface area contributed by atoms with Crippen LogP contribution in [0.3, 0.4) is 0 Å². The third-order valence-electron chi connectivity index (χ3n) is 5.45. The summed E-state index contributed by atoms with van der Waals surface area (Å²) in [5, 5.41) is 19.9. The molecule has 2 aromatic rings. The maximum atomic E-state index is 10.1. The second-order valence-corrected chi connectivity index (χ2v) is 7.03. The van der Waals surface area contributed by atoms with E-state index in [9.17, 15) is 10.2 Å². The van der Waals surface area contributed by atoms with Gasteiger partial charge < -0.3 is 33.9 Å². The zero-order valence-electron chi connectivity index (χ0n) is 17.2. The van der Waals surface area contributed by atoms with Crippen LogP contribution in [0, 0.1) is 11.8 Å². The smallest absolute Gasteiger partial charge is 0.203 e. The number of hydrogen-bond donors (Lipinski definition) is 2. The van der Waals surface area contributed by atoms with Gasteiger partial charge in [-0.3, -0.25) is 0 Å². The molecule has 1 aliphatic heterocycles. The van der Waals surface area contributed by atoms with Gasteiger partial charge in [-0.1, -0.05) is 6.07 Å². The molecule has 0 saturated carbocycles. The van der Waals surface area contributed by atoms with Crippen molar-refractivity contribution >= 4 is 0 Å². The molecule has 1 saturated heterocycles. The van der Waals surface area contributed by atoms with E-state index in [4.69, 9.17) is 23.7 Å². The standard InChI is InChI=1S/C22H28O7/c1-25-18-8-13(5-6-17(18)24)7-15-12-29-21(16(15)11-23)14-9-19(26-2)22(28-4)20(10-14)27-3/h5-6,8-10,15-16,21,23-24H,7,11-12H2,1-4H3/t15-,16-,21+/m1/s1. The Hall–Kier alpha value is -2.64. The van der Waals surface area contributed by atoms with E-state index < -0.39 is 0 Å². The van der Waals surface area contributed by atoms with Crippen molar-refractivity contribution in [3.05, 3.63) is 41.5 Å². The monoisotopic (exact) mass is 404 g/mol. The van der Waals surface area contributed by atoms with Crippen LogP contribution in [0.5, 0.6) is 28.7 Å². The highest BCUT2D eigenvalue weighted by atomic mass is 16.5. The van der Waals surface area contributed by atoms with Crippen molar-refractivity contribution in [2.45, 2.75) is 12.5 Å². The van der Waals surface area contributed by atoms with Crippen LogP contribution in [0.15, 0.2) is 30.3 Å². The first-order valence-corrected chi connectivity index (χ1v) is 9.44. The maximum Gasteiger partial charge on any atom is 0.203 e. The molecule has 0 aliphatic carbocycles. The zero-order chi connectivity index (χ0) is 21.0. The second kappa shape index (κ2) is 9.24. The lowest BCUT2D eigenvalue weighted by molar-refractivity contribution is 0.0715. The van der Waals surface area contributed by atoms with Crippen LogP contribution in [0.25, 0.3) is 0 Å².